The maximum Gasteiger partial charge on any atom is 0.327 e. The Balaban J connectivity index is 4.32. The Morgan fingerprint density at radius 1 is 0.523 bits per heavy atom. The van der Waals surface area contributed by atoms with Gasteiger partial charge in [-0.2, -0.15) is 8.42 Å². The average Bonchev–Trinajstić information content (AvgIpc) is 2.97. The molecular weight excluding hydrogens is 576 g/mol. The standard InChI is InChI=1S/C36H70O7S/c1-3-5-7-9-11-13-15-17-19-21-23-25-27-29-31-33(43-36(39)34(32-35(37)38)44(40,41)42)30-28-26-24-22-20-18-16-14-12-10-8-6-4-2/h33-34H,3-32H2,1-2H3,(H,37,38)(H,40,41,42). The van der Waals surface area contributed by atoms with Gasteiger partial charge in [0, 0.05) is 0 Å². The molecule has 2 atom stereocenters. The highest BCUT2D eigenvalue weighted by Gasteiger charge is 2.36. The topological polar surface area (TPSA) is 118 Å². The van der Waals surface area contributed by atoms with E-state index in [0.29, 0.717) is 12.8 Å². The summed E-state index contributed by atoms with van der Waals surface area (Å²) in [5.41, 5.74) is 0. The molecule has 2 N–H and O–H groups in total. The molecule has 0 bridgehead atoms. The second-order valence-corrected chi connectivity index (χ2v) is 14.7. The molecule has 0 saturated heterocycles. The number of hydrogen-bond donors (Lipinski definition) is 2. The summed E-state index contributed by atoms with van der Waals surface area (Å²) in [5, 5.41) is 6.95. The second-order valence-electron chi connectivity index (χ2n) is 13.1. The highest BCUT2D eigenvalue weighted by atomic mass is 32.2. The van der Waals surface area contributed by atoms with Crippen molar-refractivity contribution >= 4 is 22.1 Å². The lowest BCUT2D eigenvalue weighted by atomic mass is 10.0. The first-order valence-corrected chi connectivity index (χ1v) is 20.1. The van der Waals surface area contributed by atoms with Crippen LogP contribution in [0.15, 0.2) is 0 Å². The van der Waals surface area contributed by atoms with Gasteiger partial charge in [-0.1, -0.05) is 174 Å². The Kier molecular flexibility index (Phi) is 29.7. The predicted octanol–water partition coefficient (Wildman–Crippen LogP) is 11.0. The lowest BCUT2D eigenvalue weighted by Gasteiger charge is -2.20. The van der Waals surface area contributed by atoms with Crippen LogP contribution in [-0.4, -0.2) is 41.4 Å². The summed E-state index contributed by atoms with van der Waals surface area (Å²) in [5.74, 6) is -2.62. The minimum Gasteiger partial charge on any atom is -0.481 e. The summed E-state index contributed by atoms with van der Waals surface area (Å²) in [6.07, 6.45) is 33.5. The van der Waals surface area contributed by atoms with Crippen molar-refractivity contribution < 1.29 is 32.4 Å². The van der Waals surface area contributed by atoms with Gasteiger partial charge in [0.25, 0.3) is 10.1 Å². The molecule has 0 aliphatic rings. The third kappa shape index (κ3) is 28.3. The van der Waals surface area contributed by atoms with Crippen LogP contribution in [0.3, 0.4) is 0 Å². The van der Waals surface area contributed by atoms with E-state index in [0.717, 1.165) is 38.5 Å². The molecule has 0 aliphatic carbocycles. The van der Waals surface area contributed by atoms with E-state index in [9.17, 15) is 22.6 Å². The number of rotatable bonds is 34. The van der Waals surface area contributed by atoms with E-state index < -0.39 is 39.8 Å². The smallest absolute Gasteiger partial charge is 0.327 e. The van der Waals surface area contributed by atoms with Gasteiger partial charge < -0.3 is 9.84 Å². The number of hydrogen-bond acceptors (Lipinski definition) is 5. The molecular formula is C36H70O7S. The highest BCUT2D eigenvalue weighted by molar-refractivity contribution is 7.87. The van der Waals surface area contributed by atoms with Crippen molar-refractivity contribution in [3.05, 3.63) is 0 Å². The SMILES string of the molecule is CCCCCCCCCCCCCCCCC(CCCCCCCCCCCCCCC)OC(=O)C(CC(=O)O)S(=O)(=O)O. The third-order valence-electron chi connectivity index (χ3n) is 8.77. The number of aliphatic carboxylic acids is 1. The van der Waals surface area contributed by atoms with Gasteiger partial charge >= 0.3 is 11.9 Å². The first-order chi connectivity index (χ1) is 21.2. The van der Waals surface area contributed by atoms with E-state index in [1.54, 1.807) is 0 Å². The van der Waals surface area contributed by atoms with E-state index in [2.05, 4.69) is 13.8 Å². The zero-order valence-electron chi connectivity index (χ0n) is 28.7. The molecule has 0 aromatic rings. The zero-order chi connectivity index (χ0) is 32.7. The van der Waals surface area contributed by atoms with Crippen molar-refractivity contribution in [2.45, 2.75) is 218 Å². The van der Waals surface area contributed by atoms with Gasteiger partial charge in [-0.05, 0) is 25.7 Å². The second kappa shape index (κ2) is 30.5. The molecule has 0 aromatic carbocycles. The van der Waals surface area contributed by atoms with Crippen LogP contribution >= 0.6 is 0 Å². The lowest BCUT2D eigenvalue weighted by molar-refractivity contribution is -0.152. The molecule has 0 amide bonds. The molecule has 0 spiro atoms. The average molecular weight is 647 g/mol. The summed E-state index contributed by atoms with van der Waals surface area (Å²) in [6.45, 7) is 4.50. The minimum absolute atomic E-state index is 0.453. The van der Waals surface area contributed by atoms with Crippen LogP contribution in [0.1, 0.15) is 206 Å². The fourth-order valence-corrected chi connectivity index (χ4v) is 6.58. The quantitative estimate of drug-likeness (QED) is 0.0405. The predicted molar refractivity (Wildman–Crippen MR) is 183 cm³/mol. The molecule has 7 nitrogen and oxygen atoms in total. The molecule has 2 unspecified atom stereocenters. The highest BCUT2D eigenvalue weighted by Crippen LogP contribution is 2.20. The van der Waals surface area contributed by atoms with Gasteiger partial charge in [0.2, 0.25) is 0 Å². The molecule has 44 heavy (non-hydrogen) atoms. The van der Waals surface area contributed by atoms with Crippen LogP contribution in [0.4, 0.5) is 0 Å². The Bertz CT molecular complexity index is 768. The summed E-state index contributed by atoms with van der Waals surface area (Å²) in [4.78, 5) is 23.7. The van der Waals surface area contributed by atoms with Gasteiger partial charge in [-0.15, -0.1) is 0 Å². The van der Waals surface area contributed by atoms with Crippen LogP contribution in [-0.2, 0) is 24.4 Å². The summed E-state index contributed by atoms with van der Waals surface area (Å²) in [6, 6.07) is 0. The van der Waals surface area contributed by atoms with Crippen molar-refractivity contribution in [2.75, 3.05) is 0 Å². The van der Waals surface area contributed by atoms with E-state index in [1.165, 1.54) is 135 Å². The van der Waals surface area contributed by atoms with Gasteiger partial charge in [0.15, 0.2) is 5.25 Å². The monoisotopic (exact) mass is 646 g/mol. The largest absolute Gasteiger partial charge is 0.481 e. The Morgan fingerprint density at radius 2 is 0.795 bits per heavy atom. The Labute approximate surface area is 271 Å². The van der Waals surface area contributed by atoms with Crippen molar-refractivity contribution in [3.8, 4) is 0 Å². The van der Waals surface area contributed by atoms with Gasteiger partial charge in [0.05, 0.1) is 6.42 Å². The lowest BCUT2D eigenvalue weighted by Crippen LogP contribution is -2.36. The molecule has 0 rings (SSSR count). The summed E-state index contributed by atoms with van der Waals surface area (Å²) < 4.78 is 38.3. The number of esters is 1. The molecule has 0 saturated carbocycles. The number of carboxylic acids is 1. The maximum atomic E-state index is 12.6. The number of ether oxygens (including phenoxy) is 1. The van der Waals surface area contributed by atoms with Gasteiger partial charge in [-0.25, -0.2) is 0 Å². The maximum absolute atomic E-state index is 12.6. The van der Waals surface area contributed by atoms with Crippen LogP contribution in [0, 0.1) is 0 Å². The van der Waals surface area contributed by atoms with E-state index in [-0.39, 0.29) is 0 Å². The fourth-order valence-electron chi connectivity index (χ4n) is 5.93. The van der Waals surface area contributed by atoms with Crippen molar-refractivity contribution in [2.24, 2.45) is 0 Å². The van der Waals surface area contributed by atoms with E-state index in [4.69, 9.17) is 9.84 Å². The molecule has 0 heterocycles. The molecule has 0 aromatic heterocycles. The Hall–Kier alpha value is -1.15. The normalized spacial score (nSPS) is 13.2. The van der Waals surface area contributed by atoms with Gasteiger partial charge in [0.1, 0.15) is 6.10 Å². The number of unbranched alkanes of at least 4 members (excludes halogenated alkanes) is 25. The molecule has 0 fully saturated rings. The summed E-state index contributed by atoms with van der Waals surface area (Å²) >= 11 is 0. The zero-order valence-corrected chi connectivity index (χ0v) is 29.5. The first-order valence-electron chi connectivity index (χ1n) is 18.6. The summed E-state index contributed by atoms with van der Waals surface area (Å²) in [7, 11) is -4.86. The molecule has 0 radical (unpaired) electrons. The first kappa shape index (κ1) is 42.9. The van der Waals surface area contributed by atoms with Crippen LogP contribution in [0.25, 0.3) is 0 Å². The fraction of sp³-hybridized carbons (Fsp3) is 0.944. The molecule has 262 valence electrons. The van der Waals surface area contributed by atoms with Crippen molar-refractivity contribution in [3.63, 3.8) is 0 Å². The Morgan fingerprint density at radius 3 is 1.05 bits per heavy atom. The minimum atomic E-state index is -4.86. The third-order valence-corrected chi connectivity index (χ3v) is 9.85. The molecule has 0 aliphatic heterocycles. The van der Waals surface area contributed by atoms with Crippen LogP contribution < -0.4 is 0 Å². The van der Waals surface area contributed by atoms with E-state index >= 15 is 0 Å². The van der Waals surface area contributed by atoms with Crippen LogP contribution in [0.2, 0.25) is 0 Å². The number of carbonyl (C=O) groups excluding carboxylic acids is 1. The van der Waals surface area contributed by atoms with Gasteiger partial charge in [-0.3, -0.25) is 14.1 Å². The molecule has 8 heteroatoms. The van der Waals surface area contributed by atoms with Crippen LogP contribution in [0.5, 0.6) is 0 Å². The van der Waals surface area contributed by atoms with Crippen molar-refractivity contribution in [1.29, 1.82) is 0 Å². The number of carboxylic acid groups (broad SMARTS) is 1. The number of carbonyl (C=O) groups is 2. The van der Waals surface area contributed by atoms with Crippen molar-refractivity contribution in [1.82, 2.24) is 0 Å². The van der Waals surface area contributed by atoms with E-state index in [1.807, 2.05) is 0 Å².